The molecule has 2 rings (SSSR count). The highest BCUT2D eigenvalue weighted by Gasteiger charge is 2.07. The molecule has 0 aromatic heterocycles. The van der Waals surface area contributed by atoms with Crippen molar-refractivity contribution in [3.8, 4) is 0 Å². The van der Waals surface area contributed by atoms with Crippen LogP contribution in [0.1, 0.15) is 36.1 Å². The number of hydrogen-bond acceptors (Lipinski definition) is 1. The number of nitrogens with one attached hydrogen (secondary N) is 1. The molecule has 100 valence electrons. The van der Waals surface area contributed by atoms with Gasteiger partial charge in [0.15, 0.2) is 0 Å². The lowest BCUT2D eigenvalue weighted by Crippen LogP contribution is -2.23. The summed E-state index contributed by atoms with van der Waals surface area (Å²) < 4.78 is 0. The van der Waals surface area contributed by atoms with Crippen molar-refractivity contribution in [1.82, 2.24) is 5.32 Å². The summed E-state index contributed by atoms with van der Waals surface area (Å²) in [6, 6.07) is 19.9. The summed E-state index contributed by atoms with van der Waals surface area (Å²) in [7, 11) is 0. The first-order valence-corrected chi connectivity index (χ1v) is 7.13. The molecule has 1 N–H and O–H groups in total. The third-order valence-electron chi connectivity index (χ3n) is 3.50. The molecule has 0 aliphatic carbocycles. The van der Waals surface area contributed by atoms with Crippen molar-refractivity contribution in [2.24, 2.45) is 0 Å². The minimum atomic E-state index is 0.464. The highest BCUT2D eigenvalue weighted by Crippen LogP contribution is 2.15. The Balaban J connectivity index is 1.87. The van der Waals surface area contributed by atoms with Gasteiger partial charge in [0.25, 0.3) is 0 Å². The highest BCUT2D eigenvalue weighted by molar-refractivity contribution is 5.23. The van der Waals surface area contributed by atoms with Crippen LogP contribution in [-0.2, 0) is 6.42 Å². The first kappa shape index (κ1) is 13.8. The summed E-state index contributed by atoms with van der Waals surface area (Å²) >= 11 is 0. The third-order valence-corrected chi connectivity index (χ3v) is 3.50. The lowest BCUT2D eigenvalue weighted by atomic mass is 10.0. The maximum absolute atomic E-state index is 3.65. The van der Waals surface area contributed by atoms with E-state index in [1.165, 1.54) is 16.7 Å². The minimum absolute atomic E-state index is 0.464. The molecule has 1 nitrogen and oxygen atoms in total. The summed E-state index contributed by atoms with van der Waals surface area (Å²) in [4.78, 5) is 0. The van der Waals surface area contributed by atoms with Gasteiger partial charge in [-0.05, 0) is 37.4 Å². The van der Waals surface area contributed by atoms with E-state index in [4.69, 9.17) is 0 Å². The SMILES string of the molecule is CCC(NCCc1cccc(C)c1)c1ccccc1. The monoisotopic (exact) mass is 253 g/mol. The molecule has 0 bridgehead atoms. The number of benzene rings is 2. The first-order valence-electron chi connectivity index (χ1n) is 7.13. The lowest BCUT2D eigenvalue weighted by molar-refractivity contribution is 0.522. The summed E-state index contributed by atoms with van der Waals surface area (Å²) in [6.45, 7) is 5.41. The fraction of sp³-hybridized carbons (Fsp3) is 0.333. The van der Waals surface area contributed by atoms with Crippen LogP contribution in [0.5, 0.6) is 0 Å². The van der Waals surface area contributed by atoms with Gasteiger partial charge in [0.05, 0.1) is 0 Å². The van der Waals surface area contributed by atoms with Crippen LogP contribution < -0.4 is 5.32 Å². The van der Waals surface area contributed by atoms with Crippen molar-refractivity contribution in [3.63, 3.8) is 0 Å². The van der Waals surface area contributed by atoms with Crippen molar-refractivity contribution < 1.29 is 0 Å². The normalized spacial score (nSPS) is 12.3. The molecule has 0 fully saturated rings. The molecule has 0 saturated heterocycles. The lowest BCUT2D eigenvalue weighted by Gasteiger charge is -2.17. The van der Waals surface area contributed by atoms with E-state index >= 15 is 0 Å². The third kappa shape index (κ3) is 4.22. The number of rotatable bonds is 6. The molecule has 1 unspecified atom stereocenters. The Morgan fingerprint density at radius 1 is 1.00 bits per heavy atom. The quantitative estimate of drug-likeness (QED) is 0.810. The maximum atomic E-state index is 3.65. The van der Waals surface area contributed by atoms with E-state index in [1.54, 1.807) is 0 Å². The Morgan fingerprint density at radius 3 is 2.47 bits per heavy atom. The van der Waals surface area contributed by atoms with Gasteiger partial charge < -0.3 is 5.32 Å². The molecule has 2 aromatic rings. The Labute approximate surface area is 116 Å². The molecule has 0 heterocycles. The van der Waals surface area contributed by atoms with Crippen molar-refractivity contribution in [2.45, 2.75) is 32.7 Å². The molecule has 0 aliphatic heterocycles. The standard InChI is InChI=1S/C18H23N/c1-3-18(17-10-5-4-6-11-17)19-13-12-16-9-7-8-15(2)14-16/h4-11,14,18-19H,3,12-13H2,1-2H3. The summed E-state index contributed by atoms with van der Waals surface area (Å²) in [5.41, 5.74) is 4.14. The average Bonchev–Trinajstić information content (AvgIpc) is 2.45. The smallest absolute Gasteiger partial charge is 0.0317 e. The second-order valence-corrected chi connectivity index (χ2v) is 5.06. The Bertz CT molecular complexity index is 490. The van der Waals surface area contributed by atoms with Gasteiger partial charge in [-0.2, -0.15) is 0 Å². The van der Waals surface area contributed by atoms with Crippen molar-refractivity contribution in [1.29, 1.82) is 0 Å². The zero-order valence-corrected chi connectivity index (χ0v) is 11.9. The van der Waals surface area contributed by atoms with Crippen LogP contribution in [0.4, 0.5) is 0 Å². The fourth-order valence-electron chi connectivity index (χ4n) is 2.44. The molecular formula is C18H23N. The Hall–Kier alpha value is -1.60. The van der Waals surface area contributed by atoms with E-state index in [1.807, 2.05) is 0 Å². The molecule has 0 aliphatic rings. The van der Waals surface area contributed by atoms with Crippen molar-refractivity contribution >= 4 is 0 Å². The van der Waals surface area contributed by atoms with Crippen LogP contribution in [0.15, 0.2) is 54.6 Å². The van der Waals surface area contributed by atoms with Crippen LogP contribution in [0.25, 0.3) is 0 Å². The zero-order valence-electron chi connectivity index (χ0n) is 11.9. The second kappa shape index (κ2) is 7.10. The molecular weight excluding hydrogens is 230 g/mol. The largest absolute Gasteiger partial charge is 0.310 e. The molecule has 1 heteroatoms. The van der Waals surface area contributed by atoms with Gasteiger partial charge >= 0.3 is 0 Å². The Kier molecular flexibility index (Phi) is 5.17. The molecule has 19 heavy (non-hydrogen) atoms. The zero-order chi connectivity index (χ0) is 13.5. The van der Waals surface area contributed by atoms with Gasteiger partial charge in [0.2, 0.25) is 0 Å². The van der Waals surface area contributed by atoms with Gasteiger partial charge in [0.1, 0.15) is 0 Å². The van der Waals surface area contributed by atoms with Gasteiger partial charge in [0, 0.05) is 6.04 Å². The average molecular weight is 253 g/mol. The predicted molar refractivity (Wildman–Crippen MR) is 82.4 cm³/mol. The van der Waals surface area contributed by atoms with E-state index in [0.29, 0.717) is 6.04 Å². The summed E-state index contributed by atoms with van der Waals surface area (Å²) in [5, 5.41) is 3.65. The van der Waals surface area contributed by atoms with E-state index in [-0.39, 0.29) is 0 Å². The maximum Gasteiger partial charge on any atom is 0.0317 e. The van der Waals surface area contributed by atoms with E-state index in [0.717, 1.165) is 19.4 Å². The molecule has 0 spiro atoms. The Morgan fingerprint density at radius 2 is 1.79 bits per heavy atom. The summed E-state index contributed by atoms with van der Waals surface area (Å²) in [5.74, 6) is 0. The molecule has 1 atom stereocenters. The van der Waals surface area contributed by atoms with Gasteiger partial charge in [-0.25, -0.2) is 0 Å². The second-order valence-electron chi connectivity index (χ2n) is 5.06. The molecule has 0 amide bonds. The van der Waals surface area contributed by atoms with E-state index < -0.39 is 0 Å². The van der Waals surface area contributed by atoms with Gasteiger partial charge in [-0.3, -0.25) is 0 Å². The van der Waals surface area contributed by atoms with E-state index in [2.05, 4.69) is 73.8 Å². The predicted octanol–water partition coefficient (Wildman–Crippen LogP) is 4.28. The van der Waals surface area contributed by atoms with Crippen LogP contribution in [-0.4, -0.2) is 6.54 Å². The van der Waals surface area contributed by atoms with Crippen LogP contribution in [0.2, 0.25) is 0 Å². The van der Waals surface area contributed by atoms with E-state index in [9.17, 15) is 0 Å². The van der Waals surface area contributed by atoms with Gasteiger partial charge in [-0.15, -0.1) is 0 Å². The number of hydrogen-bond donors (Lipinski definition) is 1. The number of aryl methyl sites for hydroxylation is 1. The van der Waals surface area contributed by atoms with Crippen molar-refractivity contribution in [2.75, 3.05) is 6.54 Å². The van der Waals surface area contributed by atoms with Crippen LogP contribution in [0.3, 0.4) is 0 Å². The molecule has 0 radical (unpaired) electrons. The fourth-order valence-corrected chi connectivity index (χ4v) is 2.44. The minimum Gasteiger partial charge on any atom is -0.310 e. The van der Waals surface area contributed by atoms with Crippen molar-refractivity contribution in [3.05, 3.63) is 71.3 Å². The molecule has 0 saturated carbocycles. The van der Waals surface area contributed by atoms with Gasteiger partial charge in [-0.1, -0.05) is 67.1 Å². The first-order chi connectivity index (χ1) is 9.29. The molecule has 2 aromatic carbocycles. The van der Waals surface area contributed by atoms with Crippen LogP contribution in [0, 0.1) is 6.92 Å². The highest BCUT2D eigenvalue weighted by atomic mass is 14.9. The van der Waals surface area contributed by atoms with Crippen LogP contribution >= 0.6 is 0 Å². The topological polar surface area (TPSA) is 12.0 Å². The summed E-state index contributed by atoms with van der Waals surface area (Å²) in [6.07, 6.45) is 2.21.